The molecule has 1 aromatic carbocycles. The van der Waals surface area contributed by atoms with Crippen LogP contribution in [0, 0.1) is 0 Å². The lowest BCUT2D eigenvalue weighted by Crippen LogP contribution is -2.40. The highest BCUT2D eigenvalue weighted by Gasteiger charge is 2.20. The second-order valence-electron chi connectivity index (χ2n) is 5.34. The van der Waals surface area contributed by atoms with Crippen molar-refractivity contribution >= 4 is 22.5 Å². The second-order valence-corrected chi connectivity index (χ2v) is 6.38. The van der Waals surface area contributed by atoms with Crippen LogP contribution in [0.4, 0.5) is 9.93 Å². The van der Waals surface area contributed by atoms with Crippen LogP contribution in [-0.2, 0) is 0 Å². The third kappa shape index (κ3) is 3.09. The van der Waals surface area contributed by atoms with Gasteiger partial charge in [-0.25, -0.2) is 9.78 Å². The van der Waals surface area contributed by atoms with Crippen molar-refractivity contribution in [1.82, 2.24) is 14.9 Å². The number of nitrogens with two attached hydrogens (primary N) is 1. The number of rotatable bonds is 4. The molecule has 0 fully saturated rings. The largest absolute Gasteiger partial charge is 0.350 e. The van der Waals surface area contributed by atoms with Gasteiger partial charge in [0, 0.05) is 16.6 Å². The molecule has 2 N–H and O–H groups in total. The maximum atomic E-state index is 11.9. The summed E-state index contributed by atoms with van der Waals surface area (Å²) in [6, 6.07) is 11.0. The Balaban J connectivity index is 1.96. The first-order valence-electron chi connectivity index (χ1n) is 7.23. The van der Waals surface area contributed by atoms with E-state index in [-0.39, 0.29) is 0 Å². The fourth-order valence-electron chi connectivity index (χ4n) is 2.11. The SMILES string of the molecule is CC(C)c1cnc(N(C(N)=O)n2ccc(-c3ccccc3)n2)s1. The number of aromatic nitrogens is 3. The number of amides is 2. The normalized spacial score (nSPS) is 10.9. The average Bonchev–Trinajstić information content (AvgIpc) is 3.18. The Morgan fingerprint density at radius 2 is 2.00 bits per heavy atom. The van der Waals surface area contributed by atoms with Crippen LogP contribution in [0.2, 0.25) is 0 Å². The molecule has 2 heterocycles. The molecule has 0 aliphatic rings. The minimum atomic E-state index is -0.627. The first-order chi connectivity index (χ1) is 11.1. The zero-order chi connectivity index (χ0) is 16.4. The quantitative estimate of drug-likeness (QED) is 0.797. The number of thiazole rings is 1. The Kier molecular flexibility index (Phi) is 4.12. The predicted octanol–water partition coefficient (Wildman–Crippen LogP) is 3.48. The summed E-state index contributed by atoms with van der Waals surface area (Å²) in [7, 11) is 0. The molecule has 3 rings (SSSR count). The summed E-state index contributed by atoms with van der Waals surface area (Å²) >= 11 is 1.43. The Hall–Kier alpha value is -2.67. The van der Waals surface area contributed by atoms with Crippen molar-refractivity contribution in [2.75, 3.05) is 5.01 Å². The first-order valence-corrected chi connectivity index (χ1v) is 8.04. The molecule has 118 valence electrons. The summed E-state index contributed by atoms with van der Waals surface area (Å²) in [6.45, 7) is 4.15. The fraction of sp³-hybridized carbons (Fsp3) is 0.188. The smallest absolute Gasteiger partial charge is 0.342 e. The number of hydrogen-bond donors (Lipinski definition) is 1. The van der Waals surface area contributed by atoms with Crippen LogP contribution in [-0.4, -0.2) is 20.9 Å². The number of carbonyl (C=O) groups is 1. The first kappa shape index (κ1) is 15.2. The van der Waals surface area contributed by atoms with E-state index in [2.05, 4.69) is 23.9 Å². The van der Waals surface area contributed by atoms with Crippen LogP contribution in [0.25, 0.3) is 11.3 Å². The van der Waals surface area contributed by atoms with E-state index in [9.17, 15) is 4.79 Å². The Morgan fingerprint density at radius 3 is 2.61 bits per heavy atom. The highest BCUT2D eigenvalue weighted by atomic mass is 32.1. The molecular weight excluding hydrogens is 310 g/mol. The number of urea groups is 1. The summed E-state index contributed by atoms with van der Waals surface area (Å²) in [5.41, 5.74) is 7.26. The molecule has 2 aromatic heterocycles. The Labute approximate surface area is 138 Å². The third-order valence-electron chi connectivity index (χ3n) is 3.32. The summed E-state index contributed by atoms with van der Waals surface area (Å²) in [5.74, 6) is 0.341. The van der Waals surface area contributed by atoms with Crippen LogP contribution < -0.4 is 10.7 Å². The van der Waals surface area contributed by atoms with Crippen molar-refractivity contribution in [3.63, 3.8) is 0 Å². The lowest BCUT2D eigenvalue weighted by Gasteiger charge is -2.16. The molecule has 0 radical (unpaired) electrons. The van der Waals surface area contributed by atoms with E-state index in [1.54, 1.807) is 12.4 Å². The molecule has 0 bridgehead atoms. The molecular formula is C16H17N5OS. The van der Waals surface area contributed by atoms with Gasteiger partial charge < -0.3 is 5.73 Å². The summed E-state index contributed by atoms with van der Waals surface area (Å²) < 4.78 is 0. The van der Waals surface area contributed by atoms with E-state index >= 15 is 0 Å². The molecule has 2 amide bonds. The van der Waals surface area contributed by atoms with Gasteiger partial charge in [-0.05, 0) is 12.0 Å². The van der Waals surface area contributed by atoms with Gasteiger partial charge in [-0.15, -0.1) is 0 Å². The summed E-state index contributed by atoms with van der Waals surface area (Å²) in [4.78, 5) is 18.7. The van der Waals surface area contributed by atoms with Gasteiger partial charge in [0.25, 0.3) is 0 Å². The molecule has 0 aliphatic heterocycles. The van der Waals surface area contributed by atoms with Crippen molar-refractivity contribution in [3.8, 4) is 11.3 Å². The molecule has 0 spiro atoms. The Morgan fingerprint density at radius 1 is 1.26 bits per heavy atom. The van der Waals surface area contributed by atoms with Crippen molar-refractivity contribution in [2.24, 2.45) is 5.73 Å². The molecule has 0 aliphatic carbocycles. The highest BCUT2D eigenvalue weighted by molar-refractivity contribution is 7.15. The standard InChI is InChI=1S/C16H17N5OS/c1-11(2)14-10-18-16(23-14)21(15(17)22)20-9-8-13(19-20)12-6-4-3-5-7-12/h3-11H,1-2H3,(H2,17,22). The highest BCUT2D eigenvalue weighted by Crippen LogP contribution is 2.28. The molecule has 0 unspecified atom stereocenters. The van der Waals surface area contributed by atoms with Crippen LogP contribution in [0.3, 0.4) is 0 Å². The number of primary amides is 1. The molecule has 0 saturated heterocycles. The van der Waals surface area contributed by atoms with Gasteiger partial charge in [-0.3, -0.25) is 0 Å². The van der Waals surface area contributed by atoms with Crippen LogP contribution in [0.5, 0.6) is 0 Å². The maximum Gasteiger partial charge on any atom is 0.342 e. The average molecular weight is 327 g/mol. The van der Waals surface area contributed by atoms with Gasteiger partial charge in [-0.2, -0.15) is 14.9 Å². The summed E-state index contributed by atoms with van der Waals surface area (Å²) in [5, 5.41) is 6.21. The fourth-order valence-corrected chi connectivity index (χ4v) is 3.03. The third-order valence-corrected chi connectivity index (χ3v) is 4.59. The van der Waals surface area contributed by atoms with Crippen molar-refractivity contribution in [2.45, 2.75) is 19.8 Å². The molecule has 3 aromatic rings. The van der Waals surface area contributed by atoms with E-state index in [0.29, 0.717) is 11.0 Å². The van der Waals surface area contributed by atoms with Gasteiger partial charge >= 0.3 is 6.03 Å². The number of hydrogen-bond acceptors (Lipinski definition) is 4. The topological polar surface area (TPSA) is 77.0 Å². The van der Waals surface area contributed by atoms with Gasteiger partial charge in [-0.1, -0.05) is 55.5 Å². The molecule has 0 atom stereocenters. The number of carbonyl (C=O) groups excluding carboxylic acids is 1. The molecule has 0 saturated carbocycles. The van der Waals surface area contributed by atoms with E-state index in [4.69, 9.17) is 5.73 Å². The Bertz CT molecular complexity index is 809. The molecule has 6 nitrogen and oxygen atoms in total. The van der Waals surface area contributed by atoms with E-state index in [1.807, 2.05) is 36.4 Å². The zero-order valence-corrected chi connectivity index (χ0v) is 13.7. The van der Waals surface area contributed by atoms with E-state index < -0.39 is 6.03 Å². The predicted molar refractivity (Wildman–Crippen MR) is 91.3 cm³/mol. The van der Waals surface area contributed by atoms with Crippen molar-refractivity contribution in [1.29, 1.82) is 0 Å². The molecule has 7 heteroatoms. The van der Waals surface area contributed by atoms with E-state index in [0.717, 1.165) is 16.1 Å². The van der Waals surface area contributed by atoms with E-state index in [1.165, 1.54) is 21.1 Å². The summed E-state index contributed by atoms with van der Waals surface area (Å²) in [6.07, 6.45) is 3.46. The van der Waals surface area contributed by atoms with Crippen molar-refractivity contribution < 1.29 is 4.79 Å². The maximum absolute atomic E-state index is 11.9. The van der Waals surface area contributed by atoms with Gasteiger partial charge in [0.2, 0.25) is 5.13 Å². The van der Waals surface area contributed by atoms with Gasteiger partial charge in [0.1, 0.15) is 0 Å². The number of nitrogens with zero attached hydrogens (tertiary/aromatic N) is 4. The molecule has 23 heavy (non-hydrogen) atoms. The van der Waals surface area contributed by atoms with Crippen LogP contribution >= 0.6 is 11.3 Å². The number of anilines is 1. The lowest BCUT2D eigenvalue weighted by molar-refractivity contribution is 0.251. The lowest BCUT2D eigenvalue weighted by atomic mass is 10.2. The zero-order valence-electron chi connectivity index (χ0n) is 12.9. The monoisotopic (exact) mass is 327 g/mol. The second kappa shape index (κ2) is 6.21. The minimum Gasteiger partial charge on any atom is -0.350 e. The number of benzene rings is 1. The van der Waals surface area contributed by atoms with Gasteiger partial charge in [0.05, 0.1) is 11.9 Å². The van der Waals surface area contributed by atoms with Crippen LogP contribution in [0.15, 0.2) is 48.8 Å². The van der Waals surface area contributed by atoms with Gasteiger partial charge in [0.15, 0.2) is 0 Å². The minimum absolute atomic E-state index is 0.341. The van der Waals surface area contributed by atoms with Crippen LogP contribution in [0.1, 0.15) is 24.6 Å². The van der Waals surface area contributed by atoms with Crippen molar-refractivity contribution in [3.05, 3.63) is 53.7 Å².